The summed E-state index contributed by atoms with van der Waals surface area (Å²) in [6, 6.07) is 3.85. The highest BCUT2D eigenvalue weighted by Gasteiger charge is 2.07. The number of fused-ring (bicyclic) bond motifs is 1. The van der Waals surface area contributed by atoms with Gasteiger partial charge in [0.25, 0.3) is 0 Å². The molecular formula is C9H5BrN4S. The first-order valence-electron chi connectivity index (χ1n) is 4.24. The Morgan fingerprint density at radius 2 is 2.20 bits per heavy atom. The van der Waals surface area contributed by atoms with Gasteiger partial charge in [0.05, 0.1) is 10.2 Å². The molecule has 0 radical (unpaired) electrons. The van der Waals surface area contributed by atoms with Gasteiger partial charge in [-0.3, -0.25) is 0 Å². The Kier molecular flexibility index (Phi) is 2.03. The van der Waals surface area contributed by atoms with Crippen LogP contribution in [0.15, 0.2) is 34.6 Å². The van der Waals surface area contributed by atoms with Crippen LogP contribution in [0.25, 0.3) is 16.0 Å². The molecule has 4 nitrogen and oxygen atoms in total. The van der Waals surface area contributed by atoms with Crippen molar-refractivity contribution in [1.82, 2.24) is 19.7 Å². The molecule has 74 valence electrons. The molecule has 0 unspecified atom stereocenters. The van der Waals surface area contributed by atoms with Crippen LogP contribution in [-0.2, 0) is 0 Å². The van der Waals surface area contributed by atoms with Crippen LogP contribution in [0, 0.1) is 0 Å². The van der Waals surface area contributed by atoms with Crippen LogP contribution < -0.4 is 0 Å². The fourth-order valence-electron chi connectivity index (χ4n) is 1.36. The van der Waals surface area contributed by atoms with E-state index >= 15 is 0 Å². The standard InChI is InChI=1S/C9H5BrN4S/c10-7-1-3-14(13-7)9-8-6(2-4-15-8)11-5-12-9/h1-5H. The Morgan fingerprint density at radius 1 is 1.27 bits per heavy atom. The van der Waals surface area contributed by atoms with E-state index in [0.29, 0.717) is 0 Å². The Bertz CT molecular complexity index is 615. The molecule has 0 saturated carbocycles. The number of nitrogens with zero attached hydrogens (tertiary/aromatic N) is 4. The van der Waals surface area contributed by atoms with Crippen molar-refractivity contribution >= 4 is 37.5 Å². The van der Waals surface area contributed by atoms with Gasteiger partial charge in [-0.15, -0.1) is 11.3 Å². The zero-order valence-corrected chi connectivity index (χ0v) is 9.86. The number of hydrogen-bond acceptors (Lipinski definition) is 4. The van der Waals surface area contributed by atoms with Gasteiger partial charge in [-0.25, -0.2) is 14.6 Å². The SMILES string of the molecule is Brc1ccn(-c2ncnc3ccsc23)n1. The zero-order valence-electron chi connectivity index (χ0n) is 7.46. The third-order valence-corrected chi connectivity index (χ3v) is 3.32. The van der Waals surface area contributed by atoms with Gasteiger partial charge in [0.2, 0.25) is 0 Å². The molecule has 0 aliphatic rings. The lowest BCUT2D eigenvalue weighted by molar-refractivity contribution is 0.844. The number of aromatic nitrogens is 4. The first-order valence-corrected chi connectivity index (χ1v) is 5.91. The van der Waals surface area contributed by atoms with E-state index in [9.17, 15) is 0 Å². The monoisotopic (exact) mass is 280 g/mol. The first-order chi connectivity index (χ1) is 7.34. The predicted octanol–water partition coefficient (Wildman–Crippen LogP) is 2.64. The lowest BCUT2D eigenvalue weighted by Crippen LogP contribution is -1.98. The average Bonchev–Trinajstić information content (AvgIpc) is 2.84. The second-order valence-electron chi connectivity index (χ2n) is 2.92. The van der Waals surface area contributed by atoms with Gasteiger partial charge in [-0.05, 0) is 33.4 Å². The van der Waals surface area contributed by atoms with Gasteiger partial charge in [-0.2, -0.15) is 5.10 Å². The van der Waals surface area contributed by atoms with Gasteiger partial charge in [0, 0.05) is 6.20 Å². The van der Waals surface area contributed by atoms with E-state index < -0.39 is 0 Å². The molecular weight excluding hydrogens is 276 g/mol. The van der Waals surface area contributed by atoms with Crippen molar-refractivity contribution in [3.8, 4) is 5.82 Å². The molecule has 0 N–H and O–H groups in total. The van der Waals surface area contributed by atoms with Gasteiger partial charge in [0.1, 0.15) is 10.9 Å². The lowest BCUT2D eigenvalue weighted by Gasteiger charge is -1.99. The number of hydrogen-bond donors (Lipinski definition) is 0. The largest absolute Gasteiger partial charge is 0.235 e. The fraction of sp³-hybridized carbons (Fsp3) is 0. The molecule has 6 heteroatoms. The van der Waals surface area contributed by atoms with Crippen molar-refractivity contribution in [2.45, 2.75) is 0 Å². The Hall–Kier alpha value is -1.27. The maximum Gasteiger partial charge on any atom is 0.174 e. The summed E-state index contributed by atoms with van der Waals surface area (Å²) in [5, 5.41) is 6.26. The van der Waals surface area contributed by atoms with Crippen molar-refractivity contribution < 1.29 is 0 Å². The summed E-state index contributed by atoms with van der Waals surface area (Å²) >= 11 is 4.93. The van der Waals surface area contributed by atoms with Crippen LogP contribution >= 0.6 is 27.3 Å². The van der Waals surface area contributed by atoms with Crippen molar-refractivity contribution in [2.75, 3.05) is 0 Å². The molecule has 0 spiro atoms. The van der Waals surface area contributed by atoms with E-state index in [4.69, 9.17) is 0 Å². The minimum Gasteiger partial charge on any atom is -0.235 e. The highest BCUT2D eigenvalue weighted by atomic mass is 79.9. The van der Waals surface area contributed by atoms with Crippen LogP contribution in [0.1, 0.15) is 0 Å². The fourth-order valence-corrected chi connectivity index (χ4v) is 2.47. The molecule has 3 rings (SSSR count). The molecule has 0 atom stereocenters. The van der Waals surface area contributed by atoms with E-state index in [0.717, 1.165) is 20.6 Å². The van der Waals surface area contributed by atoms with Crippen LogP contribution in [0.5, 0.6) is 0 Å². The summed E-state index contributed by atoms with van der Waals surface area (Å²) in [6.45, 7) is 0. The third-order valence-electron chi connectivity index (χ3n) is 2.00. The van der Waals surface area contributed by atoms with E-state index in [-0.39, 0.29) is 0 Å². The second-order valence-corrected chi connectivity index (χ2v) is 4.64. The van der Waals surface area contributed by atoms with Crippen LogP contribution in [0.2, 0.25) is 0 Å². The van der Waals surface area contributed by atoms with Crippen LogP contribution in [-0.4, -0.2) is 19.7 Å². The lowest BCUT2D eigenvalue weighted by atomic mass is 10.4. The summed E-state index contributed by atoms with van der Waals surface area (Å²) in [5.74, 6) is 0.820. The molecule has 15 heavy (non-hydrogen) atoms. The molecule has 0 aliphatic heterocycles. The molecule has 3 aromatic heterocycles. The maximum atomic E-state index is 4.26. The third kappa shape index (κ3) is 1.46. The van der Waals surface area contributed by atoms with Gasteiger partial charge >= 0.3 is 0 Å². The summed E-state index contributed by atoms with van der Waals surface area (Å²) in [4.78, 5) is 8.42. The van der Waals surface area contributed by atoms with Gasteiger partial charge < -0.3 is 0 Å². The summed E-state index contributed by atoms with van der Waals surface area (Å²) < 4.78 is 3.59. The van der Waals surface area contributed by atoms with Gasteiger partial charge in [-0.1, -0.05) is 0 Å². The Balaban J connectivity index is 2.30. The van der Waals surface area contributed by atoms with Gasteiger partial charge in [0.15, 0.2) is 5.82 Å². The summed E-state index contributed by atoms with van der Waals surface area (Å²) in [6.07, 6.45) is 3.42. The highest BCUT2D eigenvalue weighted by Crippen LogP contribution is 2.23. The zero-order chi connectivity index (χ0) is 10.3. The summed E-state index contributed by atoms with van der Waals surface area (Å²) in [5.41, 5.74) is 0.955. The molecule has 0 aliphatic carbocycles. The van der Waals surface area contributed by atoms with E-state index in [1.807, 2.05) is 23.7 Å². The molecule has 0 amide bonds. The molecule has 3 aromatic rings. The number of rotatable bonds is 1. The van der Waals surface area contributed by atoms with E-state index in [1.54, 1.807) is 22.3 Å². The van der Waals surface area contributed by atoms with E-state index in [1.165, 1.54) is 0 Å². The smallest absolute Gasteiger partial charge is 0.174 e. The summed E-state index contributed by atoms with van der Waals surface area (Å²) in [7, 11) is 0. The molecule has 0 aromatic carbocycles. The molecule has 3 heterocycles. The molecule has 0 fully saturated rings. The Morgan fingerprint density at radius 3 is 3.00 bits per heavy atom. The van der Waals surface area contributed by atoms with Crippen molar-refractivity contribution in [2.24, 2.45) is 0 Å². The number of halogens is 1. The predicted molar refractivity (Wildman–Crippen MR) is 62.2 cm³/mol. The number of thiophene rings is 1. The topological polar surface area (TPSA) is 43.6 Å². The first kappa shape index (κ1) is 8.99. The quantitative estimate of drug-likeness (QED) is 0.688. The normalized spacial score (nSPS) is 11.0. The van der Waals surface area contributed by atoms with Crippen molar-refractivity contribution in [1.29, 1.82) is 0 Å². The molecule has 0 bridgehead atoms. The molecule has 0 saturated heterocycles. The van der Waals surface area contributed by atoms with Crippen LogP contribution in [0.3, 0.4) is 0 Å². The minimum absolute atomic E-state index is 0.797. The van der Waals surface area contributed by atoms with Crippen molar-refractivity contribution in [3.05, 3.63) is 34.6 Å². The average molecular weight is 281 g/mol. The maximum absolute atomic E-state index is 4.26. The second kappa shape index (κ2) is 3.39. The van der Waals surface area contributed by atoms with Crippen LogP contribution in [0.4, 0.5) is 0 Å². The van der Waals surface area contributed by atoms with E-state index in [2.05, 4.69) is 31.0 Å². The minimum atomic E-state index is 0.797. The Labute approximate surface area is 97.7 Å². The van der Waals surface area contributed by atoms with Crippen molar-refractivity contribution in [3.63, 3.8) is 0 Å². The highest BCUT2D eigenvalue weighted by molar-refractivity contribution is 9.10.